The minimum atomic E-state index is -0.611. The third-order valence-corrected chi connectivity index (χ3v) is 11.3. The highest BCUT2D eigenvalue weighted by Gasteiger charge is 2.42. The molecule has 5 aliphatic rings. The van der Waals surface area contributed by atoms with Crippen LogP contribution >= 0.6 is 21.6 Å². The number of hydrogen-bond donors (Lipinski definition) is 3. The minimum absolute atomic E-state index is 0.0477. The van der Waals surface area contributed by atoms with E-state index < -0.39 is 6.10 Å². The van der Waals surface area contributed by atoms with Crippen molar-refractivity contribution >= 4 is 38.1 Å². The van der Waals surface area contributed by atoms with Crippen molar-refractivity contribution in [1.82, 2.24) is 0 Å². The zero-order chi connectivity index (χ0) is 26.4. The summed E-state index contributed by atoms with van der Waals surface area (Å²) in [5.41, 5.74) is 3.70. The highest BCUT2D eigenvalue weighted by Crippen LogP contribution is 2.52. The van der Waals surface area contributed by atoms with Gasteiger partial charge in [0, 0.05) is 29.4 Å². The van der Waals surface area contributed by atoms with Gasteiger partial charge in [0.1, 0.15) is 11.5 Å². The Morgan fingerprint density at radius 2 is 1.79 bits per heavy atom. The van der Waals surface area contributed by atoms with Gasteiger partial charge in [0.05, 0.1) is 13.2 Å². The van der Waals surface area contributed by atoms with Crippen LogP contribution in [-0.2, 0) is 17.0 Å². The summed E-state index contributed by atoms with van der Waals surface area (Å²) in [5, 5.41) is 34.6. The van der Waals surface area contributed by atoms with Crippen molar-refractivity contribution in [1.29, 1.82) is 0 Å². The number of fused-ring (bicyclic) bond motifs is 7. The summed E-state index contributed by atoms with van der Waals surface area (Å²) >= 11 is 0. The monoisotopic (exact) mass is 548 g/mol. The predicted octanol–water partition coefficient (Wildman–Crippen LogP) is 6.66. The number of allylic oxidation sites excluding steroid dienone is 2. The van der Waals surface area contributed by atoms with Crippen LogP contribution in [0.15, 0.2) is 54.6 Å². The Balaban J connectivity index is 1.49. The molecule has 0 radical (unpaired) electrons. The fraction of sp³-hybridized carbons (Fsp3) is 0.387. The molecule has 1 saturated carbocycles. The van der Waals surface area contributed by atoms with Crippen LogP contribution in [0, 0.1) is 17.8 Å². The summed E-state index contributed by atoms with van der Waals surface area (Å²) in [5.74, 6) is 2.26. The Morgan fingerprint density at radius 3 is 2.58 bits per heavy atom. The van der Waals surface area contributed by atoms with E-state index in [1.54, 1.807) is 19.2 Å². The van der Waals surface area contributed by atoms with Gasteiger partial charge in [-0.05, 0) is 82.7 Å². The minimum Gasteiger partial charge on any atom is -0.508 e. The van der Waals surface area contributed by atoms with Gasteiger partial charge in [0.15, 0.2) is 11.5 Å². The molecule has 0 aromatic heterocycles. The maximum absolute atomic E-state index is 13.1. The second-order valence-corrected chi connectivity index (χ2v) is 13.3. The topological polar surface area (TPSA) is 87.0 Å². The van der Waals surface area contributed by atoms with Gasteiger partial charge >= 0.3 is 0 Å². The summed E-state index contributed by atoms with van der Waals surface area (Å²) < 4.78 is 5.72. The molecule has 8 rings (SSSR count). The molecule has 3 aromatic carbocycles. The van der Waals surface area contributed by atoms with Crippen LogP contribution in [0.5, 0.6) is 17.2 Å². The van der Waals surface area contributed by atoms with E-state index >= 15 is 0 Å². The van der Waals surface area contributed by atoms with E-state index in [9.17, 15) is 20.1 Å². The zero-order valence-corrected chi connectivity index (χ0v) is 22.9. The molecular formula is C31H32O5S2. The molecule has 3 N–H and O–H groups in total. The number of aryl methyl sites for hydroxylation is 1. The number of aromatic hydroxyl groups is 2. The first-order valence-corrected chi connectivity index (χ1v) is 15.6. The van der Waals surface area contributed by atoms with Gasteiger partial charge in [-0.25, -0.2) is 0 Å². The molecule has 5 atom stereocenters. The number of ketones is 1. The van der Waals surface area contributed by atoms with E-state index in [1.807, 2.05) is 45.9 Å². The summed E-state index contributed by atoms with van der Waals surface area (Å²) in [6.07, 6.45) is 6.88. The average Bonchev–Trinajstić information content (AvgIpc) is 2.92. The van der Waals surface area contributed by atoms with Gasteiger partial charge in [-0.1, -0.05) is 58.0 Å². The van der Waals surface area contributed by atoms with E-state index in [2.05, 4.69) is 18.2 Å². The maximum Gasteiger partial charge on any atom is 0.168 e. The second-order valence-electron chi connectivity index (χ2n) is 10.7. The highest BCUT2D eigenvalue weighted by atomic mass is 33.1. The lowest BCUT2D eigenvalue weighted by Crippen LogP contribution is -2.41. The summed E-state index contributed by atoms with van der Waals surface area (Å²) in [7, 11) is 5.28. The van der Waals surface area contributed by atoms with Crippen molar-refractivity contribution in [2.75, 3.05) is 7.11 Å². The molecule has 1 fully saturated rings. The maximum atomic E-state index is 13.1. The number of phenolic OH excluding ortho intramolecular Hbond substituents is 2. The molecule has 2 aliphatic heterocycles. The predicted molar refractivity (Wildman–Crippen MR) is 155 cm³/mol. The fourth-order valence-electron chi connectivity index (χ4n) is 6.54. The molecule has 38 heavy (non-hydrogen) atoms. The lowest BCUT2D eigenvalue weighted by molar-refractivity contribution is -0.122. The van der Waals surface area contributed by atoms with Gasteiger partial charge in [0.2, 0.25) is 0 Å². The first kappa shape index (κ1) is 25.7. The number of aliphatic hydroxyl groups excluding tert-OH is 1. The number of benzene rings is 3. The summed E-state index contributed by atoms with van der Waals surface area (Å²) in [6, 6.07) is 13.0. The first-order chi connectivity index (χ1) is 18.4. The zero-order valence-electron chi connectivity index (χ0n) is 21.3. The Kier molecular flexibility index (Phi) is 7.10. The van der Waals surface area contributed by atoms with Crippen LogP contribution in [0.1, 0.15) is 36.8 Å². The van der Waals surface area contributed by atoms with Crippen LogP contribution in [0.25, 0.3) is 21.9 Å². The number of aliphatic hydroxyl groups is 1. The molecule has 198 valence electrons. The third kappa shape index (κ3) is 4.69. The number of carbonyl (C=O) groups is 1. The second kappa shape index (κ2) is 10.5. The number of ether oxygens (including phenoxy) is 1. The molecule has 4 bridgehead atoms. The average molecular weight is 549 g/mol. The molecule has 0 saturated heterocycles. The third-order valence-electron chi connectivity index (χ3n) is 8.49. The SMILES string of the molecule is COc1c(O)ccc2c1-c1ccc3ccc(O)cc3c1CSS[C@@H]1C[C@H]3C=C[C@@H]1C[C@H]3[C@@H](O)CC(=O)CC2. The molecule has 7 heteroatoms. The van der Waals surface area contributed by atoms with Crippen molar-refractivity contribution in [3.8, 4) is 28.4 Å². The molecule has 5 nitrogen and oxygen atoms in total. The molecule has 2 heterocycles. The molecule has 0 amide bonds. The van der Waals surface area contributed by atoms with Gasteiger partial charge < -0.3 is 20.1 Å². The van der Waals surface area contributed by atoms with E-state index in [-0.39, 0.29) is 29.6 Å². The van der Waals surface area contributed by atoms with Crippen LogP contribution in [0.3, 0.4) is 0 Å². The molecule has 0 unspecified atom stereocenters. The quantitative estimate of drug-likeness (QED) is 0.232. The van der Waals surface area contributed by atoms with E-state index in [4.69, 9.17) is 4.74 Å². The highest BCUT2D eigenvalue weighted by molar-refractivity contribution is 8.76. The largest absolute Gasteiger partial charge is 0.508 e. The fourth-order valence-corrected chi connectivity index (χ4v) is 9.61. The number of methoxy groups -OCH3 is 1. The number of carbonyl (C=O) groups excluding carboxylic acids is 1. The number of phenols is 2. The molecule has 3 aromatic rings. The number of Topliss-reactive ketones (excluding diaryl/α,β-unsaturated/α-hetero) is 1. The van der Waals surface area contributed by atoms with E-state index in [0.717, 1.165) is 45.9 Å². The van der Waals surface area contributed by atoms with Crippen molar-refractivity contribution in [2.45, 2.75) is 49.2 Å². The smallest absolute Gasteiger partial charge is 0.168 e. The van der Waals surface area contributed by atoms with Gasteiger partial charge in [-0.2, -0.15) is 0 Å². The summed E-state index contributed by atoms with van der Waals surface area (Å²) in [6.45, 7) is 0. The molecule has 0 spiro atoms. The van der Waals surface area contributed by atoms with Gasteiger partial charge in [-0.15, -0.1) is 0 Å². The van der Waals surface area contributed by atoms with Crippen molar-refractivity contribution in [3.05, 3.63) is 65.7 Å². The van der Waals surface area contributed by atoms with Gasteiger partial charge in [0.25, 0.3) is 0 Å². The van der Waals surface area contributed by atoms with Crippen molar-refractivity contribution in [3.63, 3.8) is 0 Å². The first-order valence-electron chi connectivity index (χ1n) is 13.2. The van der Waals surface area contributed by atoms with Crippen molar-refractivity contribution < 1.29 is 24.9 Å². The van der Waals surface area contributed by atoms with Crippen LogP contribution < -0.4 is 4.74 Å². The Labute approximate surface area is 230 Å². The Morgan fingerprint density at radius 1 is 0.974 bits per heavy atom. The van der Waals surface area contributed by atoms with Crippen LogP contribution in [0.4, 0.5) is 0 Å². The lowest BCUT2D eigenvalue weighted by Gasteiger charge is -2.44. The van der Waals surface area contributed by atoms with Gasteiger partial charge in [-0.3, -0.25) is 4.79 Å². The molecule has 3 aliphatic carbocycles. The van der Waals surface area contributed by atoms with Crippen LogP contribution in [-0.4, -0.2) is 39.6 Å². The lowest BCUT2D eigenvalue weighted by atomic mass is 9.66. The summed E-state index contributed by atoms with van der Waals surface area (Å²) in [4.78, 5) is 13.1. The standard InChI is InChI=1S/C31H32O5S2/c1-36-31-27(34)11-7-18-5-9-22(33)15-28(35)25-12-20-3-2-19(25)13-29(20)38-37-16-26-23(30(18)31)10-6-17-4-8-21(32)14-24(17)26/h2-4,6-8,10-11,14,19-20,25,28-29,32,34-35H,5,9,12-13,15-16H2,1H3/t19-,20-,25-,28+,29-/m1/s1. The van der Waals surface area contributed by atoms with E-state index in [0.29, 0.717) is 41.4 Å². The Hall–Kier alpha value is -2.61. The van der Waals surface area contributed by atoms with Crippen LogP contribution in [0.2, 0.25) is 0 Å². The molecular weight excluding hydrogens is 516 g/mol. The normalized spacial score (nSPS) is 27.3. The Bertz CT molecular complexity index is 1420. The van der Waals surface area contributed by atoms with Crippen molar-refractivity contribution in [2.24, 2.45) is 17.8 Å². The number of hydrogen-bond acceptors (Lipinski definition) is 7. The number of rotatable bonds is 1. The van der Waals surface area contributed by atoms with E-state index in [1.165, 1.54) is 0 Å².